The lowest BCUT2D eigenvalue weighted by atomic mass is 10.1. The monoisotopic (exact) mass is 414 g/mol. The summed E-state index contributed by atoms with van der Waals surface area (Å²) in [6, 6.07) is 20.1. The third-order valence-corrected chi connectivity index (χ3v) is 5.46. The zero-order chi connectivity index (χ0) is 21.8. The molecule has 0 saturated heterocycles. The molecule has 4 aromatic rings. The molecule has 0 atom stereocenters. The van der Waals surface area contributed by atoms with Crippen LogP contribution in [0.3, 0.4) is 0 Å². The van der Waals surface area contributed by atoms with Crippen molar-refractivity contribution in [1.29, 1.82) is 0 Å². The lowest BCUT2D eigenvalue weighted by Crippen LogP contribution is -2.26. The Hall–Kier alpha value is -3.67. The molecule has 0 N–H and O–H groups in total. The summed E-state index contributed by atoms with van der Waals surface area (Å²) in [5.74, 6) is 0.856. The number of carbonyl (C=O) groups excluding carboxylic acids is 1. The maximum Gasteiger partial charge on any atom is 0.222 e. The zero-order valence-corrected chi connectivity index (χ0v) is 18.1. The number of benzene rings is 2. The molecule has 0 aliphatic carbocycles. The first-order valence-corrected chi connectivity index (χ1v) is 10.4. The highest BCUT2D eigenvalue weighted by Gasteiger charge is 2.18. The number of nitrogens with zero attached hydrogens (tertiary/aromatic N) is 4. The molecule has 1 amide bonds. The average Bonchev–Trinajstić information content (AvgIpc) is 3.36. The van der Waals surface area contributed by atoms with Gasteiger partial charge in [0, 0.05) is 42.9 Å². The van der Waals surface area contributed by atoms with Gasteiger partial charge in [-0.25, -0.2) is 4.68 Å². The summed E-state index contributed by atoms with van der Waals surface area (Å²) in [7, 11) is 1.84. The predicted molar refractivity (Wildman–Crippen MR) is 120 cm³/mol. The molecule has 2 aromatic heterocycles. The number of hydrogen-bond donors (Lipinski definition) is 0. The molecule has 158 valence electrons. The number of amides is 1. The minimum absolute atomic E-state index is 0.0754. The lowest BCUT2D eigenvalue weighted by Gasteiger charge is -2.17. The van der Waals surface area contributed by atoms with Gasteiger partial charge in [-0.05, 0) is 32.4 Å². The number of aromatic nitrogens is 3. The van der Waals surface area contributed by atoms with Crippen LogP contribution in [0.15, 0.2) is 71.4 Å². The van der Waals surface area contributed by atoms with E-state index < -0.39 is 0 Å². The van der Waals surface area contributed by atoms with E-state index in [1.54, 1.807) is 4.90 Å². The summed E-state index contributed by atoms with van der Waals surface area (Å²) in [6.07, 6.45) is 3.04. The van der Waals surface area contributed by atoms with Gasteiger partial charge in [0.15, 0.2) is 0 Å². The predicted octanol–water partition coefficient (Wildman–Crippen LogP) is 4.74. The van der Waals surface area contributed by atoms with Gasteiger partial charge in [0.2, 0.25) is 5.91 Å². The molecule has 0 aliphatic rings. The van der Waals surface area contributed by atoms with Crippen LogP contribution in [0.1, 0.15) is 29.0 Å². The van der Waals surface area contributed by atoms with Crippen LogP contribution in [-0.2, 0) is 17.8 Å². The van der Waals surface area contributed by atoms with Crippen LogP contribution < -0.4 is 0 Å². The standard InChI is InChI=1S/C25H26N4O2/c1-18-23(19(2)31-27-18)14-15-24(30)28(3)16-21-17-29(22-12-8-5-9-13-22)26-25(21)20-10-6-4-7-11-20/h4-13,17H,14-16H2,1-3H3. The third kappa shape index (κ3) is 4.58. The van der Waals surface area contributed by atoms with Gasteiger partial charge in [0.1, 0.15) is 5.76 Å². The summed E-state index contributed by atoms with van der Waals surface area (Å²) in [5.41, 5.74) is 5.77. The van der Waals surface area contributed by atoms with E-state index in [0.717, 1.165) is 39.5 Å². The number of rotatable bonds is 7. The van der Waals surface area contributed by atoms with E-state index in [1.165, 1.54) is 0 Å². The molecule has 4 rings (SSSR count). The Morgan fingerprint density at radius 1 is 1.03 bits per heavy atom. The van der Waals surface area contributed by atoms with Gasteiger partial charge < -0.3 is 9.42 Å². The Morgan fingerprint density at radius 2 is 1.71 bits per heavy atom. The van der Waals surface area contributed by atoms with E-state index >= 15 is 0 Å². The van der Waals surface area contributed by atoms with Crippen molar-refractivity contribution in [2.75, 3.05) is 7.05 Å². The van der Waals surface area contributed by atoms with E-state index in [4.69, 9.17) is 9.62 Å². The molecule has 0 saturated carbocycles. The first-order valence-electron chi connectivity index (χ1n) is 10.4. The molecule has 0 radical (unpaired) electrons. The van der Waals surface area contributed by atoms with Crippen LogP contribution in [0.25, 0.3) is 16.9 Å². The fourth-order valence-electron chi connectivity index (χ4n) is 3.70. The van der Waals surface area contributed by atoms with Gasteiger partial charge in [0.05, 0.1) is 17.1 Å². The van der Waals surface area contributed by atoms with Crippen LogP contribution >= 0.6 is 0 Å². The van der Waals surface area contributed by atoms with Gasteiger partial charge in [-0.3, -0.25) is 4.79 Å². The summed E-state index contributed by atoms with van der Waals surface area (Å²) in [6.45, 7) is 4.27. The highest BCUT2D eigenvalue weighted by atomic mass is 16.5. The van der Waals surface area contributed by atoms with Gasteiger partial charge in [0.25, 0.3) is 0 Å². The van der Waals surface area contributed by atoms with Gasteiger partial charge in [-0.15, -0.1) is 0 Å². The lowest BCUT2D eigenvalue weighted by molar-refractivity contribution is -0.130. The van der Waals surface area contributed by atoms with Gasteiger partial charge in [-0.2, -0.15) is 5.10 Å². The van der Waals surface area contributed by atoms with Crippen molar-refractivity contribution < 1.29 is 9.32 Å². The molecule has 6 nitrogen and oxygen atoms in total. The molecule has 0 spiro atoms. The zero-order valence-electron chi connectivity index (χ0n) is 18.1. The summed E-state index contributed by atoms with van der Waals surface area (Å²) in [4.78, 5) is 14.6. The van der Waals surface area contributed by atoms with Crippen LogP contribution in [0.5, 0.6) is 0 Å². The molecule has 2 aromatic carbocycles. The Labute approximate surface area is 182 Å². The average molecular weight is 415 g/mol. The van der Waals surface area contributed by atoms with E-state index in [0.29, 0.717) is 19.4 Å². The largest absolute Gasteiger partial charge is 0.361 e. The highest BCUT2D eigenvalue weighted by Crippen LogP contribution is 2.25. The van der Waals surface area contributed by atoms with E-state index in [2.05, 4.69) is 5.16 Å². The van der Waals surface area contributed by atoms with Gasteiger partial charge >= 0.3 is 0 Å². The third-order valence-electron chi connectivity index (χ3n) is 5.46. The number of hydrogen-bond acceptors (Lipinski definition) is 4. The van der Waals surface area contributed by atoms with E-state index in [-0.39, 0.29) is 5.91 Å². The second-order valence-electron chi connectivity index (χ2n) is 7.70. The van der Waals surface area contributed by atoms with Crippen molar-refractivity contribution in [2.24, 2.45) is 0 Å². The van der Waals surface area contributed by atoms with Crippen LogP contribution in [0.4, 0.5) is 0 Å². The van der Waals surface area contributed by atoms with Crippen LogP contribution in [0.2, 0.25) is 0 Å². The summed E-state index contributed by atoms with van der Waals surface area (Å²) in [5, 5.41) is 8.80. The smallest absolute Gasteiger partial charge is 0.222 e. The van der Waals surface area contributed by atoms with E-state index in [1.807, 2.05) is 92.4 Å². The number of carbonyl (C=O) groups is 1. The summed E-state index contributed by atoms with van der Waals surface area (Å²) < 4.78 is 7.08. The molecule has 0 bridgehead atoms. The minimum Gasteiger partial charge on any atom is -0.361 e. The van der Waals surface area contributed by atoms with Crippen LogP contribution in [-0.4, -0.2) is 32.8 Å². The maximum atomic E-state index is 12.8. The topological polar surface area (TPSA) is 64.2 Å². The van der Waals surface area contributed by atoms with Crippen molar-refractivity contribution in [3.05, 3.63) is 89.4 Å². The maximum absolute atomic E-state index is 12.8. The SMILES string of the molecule is Cc1noc(C)c1CCC(=O)N(C)Cc1cn(-c2ccccc2)nc1-c1ccccc1. The fraction of sp³-hybridized carbons (Fsp3) is 0.240. The molecule has 31 heavy (non-hydrogen) atoms. The molecular formula is C25H26N4O2. The quantitative estimate of drug-likeness (QED) is 0.438. The minimum atomic E-state index is 0.0754. The Balaban J connectivity index is 1.55. The van der Waals surface area contributed by atoms with Gasteiger partial charge in [-0.1, -0.05) is 53.7 Å². The Kier molecular flexibility index (Phi) is 5.98. The van der Waals surface area contributed by atoms with Crippen LogP contribution in [0, 0.1) is 13.8 Å². The molecule has 0 unspecified atom stereocenters. The van der Waals surface area contributed by atoms with Crippen molar-refractivity contribution in [3.63, 3.8) is 0 Å². The number of aryl methyl sites for hydroxylation is 2. The second kappa shape index (κ2) is 9.00. The second-order valence-corrected chi connectivity index (χ2v) is 7.70. The van der Waals surface area contributed by atoms with Crippen molar-refractivity contribution in [1.82, 2.24) is 19.8 Å². The Morgan fingerprint density at radius 3 is 2.35 bits per heavy atom. The van der Waals surface area contributed by atoms with Crippen molar-refractivity contribution in [3.8, 4) is 16.9 Å². The Bertz CT molecular complexity index is 1140. The first-order chi connectivity index (χ1) is 15.0. The number of para-hydroxylation sites is 1. The normalized spacial score (nSPS) is 10.9. The molecule has 0 aliphatic heterocycles. The van der Waals surface area contributed by atoms with Crippen molar-refractivity contribution >= 4 is 5.91 Å². The molecule has 0 fully saturated rings. The fourth-order valence-corrected chi connectivity index (χ4v) is 3.70. The molecular weight excluding hydrogens is 388 g/mol. The van der Waals surface area contributed by atoms with Crippen molar-refractivity contribution in [2.45, 2.75) is 33.2 Å². The summed E-state index contributed by atoms with van der Waals surface area (Å²) >= 11 is 0. The molecule has 2 heterocycles. The van der Waals surface area contributed by atoms with E-state index in [9.17, 15) is 4.79 Å². The first kappa shape index (κ1) is 20.6. The highest BCUT2D eigenvalue weighted by molar-refractivity contribution is 5.76. The molecule has 6 heteroatoms.